The number of fused-ring (bicyclic) bond motifs is 1. The van der Waals surface area contributed by atoms with Crippen molar-refractivity contribution in [2.24, 2.45) is 0 Å². The van der Waals surface area contributed by atoms with Crippen LogP contribution in [0.4, 0.5) is 4.39 Å². The molecular formula is C14H15Cl2FN2S. The van der Waals surface area contributed by atoms with Crippen LogP contribution >= 0.6 is 35.0 Å². The average molecular weight is 333 g/mol. The van der Waals surface area contributed by atoms with Crippen molar-refractivity contribution in [2.45, 2.75) is 36.4 Å². The molecule has 3 rings (SSSR count). The molecule has 1 aliphatic carbocycles. The lowest BCUT2D eigenvalue weighted by Gasteiger charge is -2.41. The lowest BCUT2D eigenvalue weighted by Crippen LogP contribution is -2.38. The van der Waals surface area contributed by atoms with Crippen LogP contribution in [-0.4, -0.2) is 20.6 Å². The van der Waals surface area contributed by atoms with Gasteiger partial charge in [-0.15, -0.1) is 11.6 Å². The van der Waals surface area contributed by atoms with Crippen molar-refractivity contribution < 1.29 is 4.39 Å². The molecule has 1 aliphatic rings. The second-order valence-corrected chi connectivity index (χ2v) is 7.19. The minimum atomic E-state index is -0.409. The smallest absolute Gasteiger partial charge is 0.144 e. The van der Waals surface area contributed by atoms with Gasteiger partial charge in [-0.05, 0) is 25.2 Å². The molecule has 2 aromatic rings. The first-order valence-corrected chi connectivity index (χ1v) is 8.67. The number of imidazole rings is 1. The Hall–Kier alpha value is -0.450. The Kier molecular flexibility index (Phi) is 3.91. The molecule has 1 fully saturated rings. The molecule has 0 amide bonds. The summed E-state index contributed by atoms with van der Waals surface area (Å²) < 4.78 is 16.0. The normalized spacial score (nSPS) is 17.4. The first-order chi connectivity index (χ1) is 9.58. The fourth-order valence-electron chi connectivity index (χ4n) is 2.73. The van der Waals surface area contributed by atoms with Crippen molar-refractivity contribution >= 4 is 46.0 Å². The number of nitrogens with zero attached hydrogens (tertiary/aromatic N) is 2. The van der Waals surface area contributed by atoms with Crippen LogP contribution in [0.3, 0.4) is 0 Å². The first-order valence-electron chi connectivity index (χ1n) is 6.54. The fraction of sp³-hybridized carbons (Fsp3) is 0.500. The average Bonchev–Trinajstić information content (AvgIpc) is 2.72. The highest BCUT2D eigenvalue weighted by molar-refractivity contribution is 8.00. The molecule has 0 unspecified atom stereocenters. The van der Waals surface area contributed by atoms with Crippen molar-refractivity contribution in [1.82, 2.24) is 9.55 Å². The van der Waals surface area contributed by atoms with E-state index in [-0.39, 0.29) is 9.77 Å². The summed E-state index contributed by atoms with van der Waals surface area (Å²) in [7, 11) is 0. The first kappa shape index (κ1) is 14.5. The Bertz CT molecular complexity index is 647. The molecule has 0 aliphatic heterocycles. The van der Waals surface area contributed by atoms with Crippen molar-refractivity contribution in [2.75, 3.05) is 6.26 Å². The van der Waals surface area contributed by atoms with E-state index in [1.54, 1.807) is 6.07 Å². The summed E-state index contributed by atoms with van der Waals surface area (Å²) in [6.07, 6.45) is 5.76. The third kappa shape index (κ3) is 2.32. The molecule has 2 nitrogen and oxygen atoms in total. The number of thioether (sulfide) groups is 1. The number of aromatic nitrogens is 2. The zero-order chi connectivity index (χ0) is 14.3. The van der Waals surface area contributed by atoms with E-state index in [0.29, 0.717) is 11.4 Å². The van der Waals surface area contributed by atoms with Crippen molar-refractivity contribution in [1.29, 1.82) is 0 Å². The Morgan fingerprint density at radius 2 is 2.20 bits per heavy atom. The molecule has 0 saturated heterocycles. The van der Waals surface area contributed by atoms with E-state index < -0.39 is 5.82 Å². The second kappa shape index (κ2) is 5.39. The number of alkyl halides is 1. The van der Waals surface area contributed by atoms with Gasteiger partial charge in [0.1, 0.15) is 11.6 Å². The minimum Gasteiger partial charge on any atom is -0.325 e. The highest BCUT2D eigenvalue weighted by Gasteiger charge is 2.37. The molecule has 1 aromatic carbocycles. The lowest BCUT2D eigenvalue weighted by molar-refractivity contribution is 0.322. The number of halogens is 3. The summed E-state index contributed by atoms with van der Waals surface area (Å²) in [5, 5.41) is 0.103. The Morgan fingerprint density at radius 3 is 2.75 bits per heavy atom. The Morgan fingerprint density at radius 1 is 1.45 bits per heavy atom. The molecule has 108 valence electrons. The highest BCUT2D eigenvalue weighted by atomic mass is 35.5. The van der Waals surface area contributed by atoms with Crippen LogP contribution in [-0.2, 0) is 12.4 Å². The van der Waals surface area contributed by atoms with Crippen LogP contribution in [0.2, 0.25) is 5.02 Å². The summed E-state index contributed by atoms with van der Waals surface area (Å²) in [4.78, 5) is 4.48. The van der Waals surface area contributed by atoms with Gasteiger partial charge in [0.25, 0.3) is 0 Å². The van der Waals surface area contributed by atoms with Crippen molar-refractivity contribution in [3.05, 3.63) is 28.8 Å². The maximum absolute atomic E-state index is 13.7. The predicted octanol–water partition coefficient (Wildman–Crippen LogP) is 4.85. The van der Waals surface area contributed by atoms with E-state index in [9.17, 15) is 4.39 Å². The molecule has 1 saturated carbocycles. The molecule has 0 atom stereocenters. The van der Waals surface area contributed by atoms with Gasteiger partial charge in [-0.2, -0.15) is 11.8 Å². The lowest BCUT2D eigenvalue weighted by atomic mass is 9.84. The van der Waals surface area contributed by atoms with Crippen molar-refractivity contribution in [3.8, 4) is 0 Å². The van der Waals surface area contributed by atoms with Crippen LogP contribution in [0.1, 0.15) is 25.1 Å². The monoisotopic (exact) mass is 332 g/mol. The molecule has 0 radical (unpaired) electrons. The van der Waals surface area contributed by atoms with Crippen LogP contribution in [0.15, 0.2) is 12.1 Å². The molecular weight excluding hydrogens is 318 g/mol. The standard InChI is InChI=1S/C14H15Cl2FN2S/c1-20-14(3-2-4-14)8-19-12-6-10(17)9(16)5-11(12)18-13(19)7-15/h5-6H,2-4,7-8H2,1H3. The zero-order valence-corrected chi connectivity index (χ0v) is 13.5. The van der Waals surface area contributed by atoms with Gasteiger partial charge in [0.2, 0.25) is 0 Å². The van der Waals surface area contributed by atoms with Gasteiger partial charge in [-0.25, -0.2) is 9.37 Å². The Balaban J connectivity index is 2.10. The van der Waals surface area contributed by atoms with Crippen LogP contribution in [0, 0.1) is 5.82 Å². The van der Waals surface area contributed by atoms with Crippen LogP contribution in [0.25, 0.3) is 11.0 Å². The molecule has 0 N–H and O–H groups in total. The maximum Gasteiger partial charge on any atom is 0.144 e. The van der Waals surface area contributed by atoms with Gasteiger partial charge >= 0.3 is 0 Å². The molecule has 1 aromatic heterocycles. The number of hydrogen-bond acceptors (Lipinski definition) is 2. The maximum atomic E-state index is 13.7. The van der Waals surface area contributed by atoms with Gasteiger partial charge in [-0.1, -0.05) is 18.0 Å². The van der Waals surface area contributed by atoms with Gasteiger partial charge in [0.15, 0.2) is 0 Å². The SMILES string of the molecule is CSC1(Cn2c(CCl)nc3cc(Cl)c(F)cc32)CCC1. The van der Waals surface area contributed by atoms with Gasteiger partial charge < -0.3 is 4.57 Å². The number of benzene rings is 1. The summed E-state index contributed by atoms with van der Waals surface area (Å²) in [6.45, 7) is 0.827. The van der Waals surface area contributed by atoms with Crippen molar-refractivity contribution in [3.63, 3.8) is 0 Å². The summed E-state index contributed by atoms with van der Waals surface area (Å²) in [6, 6.07) is 3.04. The van der Waals surface area contributed by atoms with E-state index >= 15 is 0 Å². The predicted molar refractivity (Wildman–Crippen MR) is 84.4 cm³/mol. The van der Waals surface area contributed by atoms with E-state index in [1.165, 1.54) is 25.3 Å². The quantitative estimate of drug-likeness (QED) is 0.744. The van der Waals surface area contributed by atoms with Gasteiger partial charge in [-0.3, -0.25) is 0 Å². The minimum absolute atomic E-state index is 0.103. The number of rotatable bonds is 4. The summed E-state index contributed by atoms with van der Waals surface area (Å²) in [5.74, 6) is 0.690. The summed E-state index contributed by atoms with van der Waals surface area (Å²) in [5.41, 5.74) is 1.49. The van der Waals surface area contributed by atoms with Gasteiger partial charge in [0.05, 0.1) is 21.9 Å². The third-order valence-corrected chi connectivity index (χ3v) is 6.07. The summed E-state index contributed by atoms with van der Waals surface area (Å²) >= 11 is 13.7. The van der Waals surface area contributed by atoms with E-state index in [4.69, 9.17) is 23.2 Å². The van der Waals surface area contributed by atoms with Crippen LogP contribution in [0.5, 0.6) is 0 Å². The van der Waals surface area contributed by atoms with E-state index in [0.717, 1.165) is 17.9 Å². The largest absolute Gasteiger partial charge is 0.325 e. The van der Waals surface area contributed by atoms with E-state index in [2.05, 4.69) is 15.8 Å². The third-order valence-electron chi connectivity index (χ3n) is 4.13. The molecule has 20 heavy (non-hydrogen) atoms. The van der Waals surface area contributed by atoms with Crippen LogP contribution < -0.4 is 0 Å². The second-order valence-electron chi connectivity index (χ2n) is 5.24. The zero-order valence-electron chi connectivity index (χ0n) is 11.1. The highest BCUT2D eigenvalue weighted by Crippen LogP contribution is 2.45. The fourth-order valence-corrected chi connectivity index (χ4v) is 4.05. The Labute approximate surface area is 131 Å². The van der Waals surface area contributed by atoms with E-state index in [1.807, 2.05) is 11.8 Å². The number of hydrogen-bond donors (Lipinski definition) is 0. The van der Waals surface area contributed by atoms with Gasteiger partial charge in [0, 0.05) is 17.4 Å². The molecule has 6 heteroatoms. The molecule has 0 bridgehead atoms. The molecule has 0 spiro atoms. The topological polar surface area (TPSA) is 17.8 Å². The molecule has 1 heterocycles.